The van der Waals surface area contributed by atoms with Gasteiger partial charge >= 0.3 is 5.51 Å². The van der Waals surface area contributed by atoms with Gasteiger partial charge < -0.3 is 5.32 Å². The number of thioether (sulfide) groups is 1. The van der Waals surface area contributed by atoms with E-state index in [2.05, 4.69) is 21.2 Å². The van der Waals surface area contributed by atoms with Crippen LogP contribution in [0, 0.1) is 0 Å². The molecular formula is C14H11BrF3NS. The Hall–Kier alpha value is -1.14. The molecule has 0 unspecified atom stereocenters. The van der Waals surface area contributed by atoms with Crippen LogP contribution in [0.4, 0.5) is 18.9 Å². The van der Waals surface area contributed by atoms with Crippen LogP contribution in [0.25, 0.3) is 0 Å². The zero-order chi connectivity index (χ0) is 14.6. The van der Waals surface area contributed by atoms with E-state index < -0.39 is 5.51 Å². The van der Waals surface area contributed by atoms with Crippen molar-refractivity contribution in [3.8, 4) is 0 Å². The Morgan fingerprint density at radius 1 is 1.05 bits per heavy atom. The largest absolute Gasteiger partial charge is 0.446 e. The van der Waals surface area contributed by atoms with Crippen LogP contribution in [0.15, 0.2) is 57.9 Å². The average Bonchev–Trinajstić information content (AvgIpc) is 2.36. The fraction of sp³-hybridized carbons (Fsp3) is 0.143. The summed E-state index contributed by atoms with van der Waals surface area (Å²) in [6, 6.07) is 14.0. The van der Waals surface area contributed by atoms with Crippen LogP contribution >= 0.6 is 27.7 Å². The quantitative estimate of drug-likeness (QED) is 0.703. The maximum absolute atomic E-state index is 12.5. The van der Waals surface area contributed by atoms with Gasteiger partial charge in [0.25, 0.3) is 0 Å². The average molecular weight is 362 g/mol. The van der Waals surface area contributed by atoms with E-state index in [9.17, 15) is 13.2 Å². The number of para-hydroxylation sites is 1. The first kappa shape index (κ1) is 15.3. The molecule has 2 aromatic rings. The highest BCUT2D eigenvalue weighted by molar-refractivity contribution is 9.10. The molecule has 0 fully saturated rings. The van der Waals surface area contributed by atoms with Gasteiger partial charge in [-0.15, -0.1) is 0 Å². The third-order valence-corrected chi connectivity index (χ3v) is 3.79. The van der Waals surface area contributed by atoms with E-state index in [1.165, 1.54) is 6.07 Å². The van der Waals surface area contributed by atoms with Gasteiger partial charge in [-0.2, -0.15) is 13.2 Å². The second-order valence-corrected chi connectivity index (χ2v) is 6.05. The predicted octanol–water partition coefficient (Wildman–Crippen LogP) is 5.67. The van der Waals surface area contributed by atoms with E-state index in [1.807, 2.05) is 24.3 Å². The molecule has 2 rings (SSSR count). The van der Waals surface area contributed by atoms with Crippen LogP contribution in [-0.2, 0) is 6.54 Å². The summed E-state index contributed by atoms with van der Waals surface area (Å²) < 4.78 is 38.3. The molecule has 0 aromatic heterocycles. The van der Waals surface area contributed by atoms with E-state index in [-0.39, 0.29) is 16.7 Å². The number of alkyl halides is 3. The SMILES string of the molecule is FC(F)(F)Sc1ccccc1NCc1cccc(Br)c1. The van der Waals surface area contributed by atoms with E-state index in [0.717, 1.165) is 10.0 Å². The first-order valence-corrected chi connectivity index (χ1v) is 7.38. The molecule has 6 heteroatoms. The van der Waals surface area contributed by atoms with E-state index >= 15 is 0 Å². The van der Waals surface area contributed by atoms with Crippen LogP contribution in [0.5, 0.6) is 0 Å². The van der Waals surface area contributed by atoms with E-state index in [1.54, 1.807) is 18.2 Å². The van der Waals surface area contributed by atoms with Gasteiger partial charge in [0.05, 0.1) is 0 Å². The van der Waals surface area contributed by atoms with Crippen molar-refractivity contribution in [3.05, 3.63) is 58.6 Å². The van der Waals surface area contributed by atoms with Crippen molar-refractivity contribution in [2.24, 2.45) is 0 Å². The van der Waals surface area contributed by atoms with Crippen LogP contribution in [0.2, 0.25) is 0 Å². The highest BCUT2D eigenvalue weighted by atomic mass is 79.9. The number of hydrogen-bond donors (Lipinski definition) is 1. The summed E-state index contributed by atoms with van der Waals surface area (Å²) >= 11 is 3.26. The van der Waals surface area contributed by atoms with Crippen molar-refractivity contribution < 1.29 is 13.2 Å². The summed E-state index contributed by atoms with van der Waals surface area (Å²) in [5, 5.41) is 3.04. The van der Waals surface area contributed by atoms with Gasteiger partial charge in [-0.05, 0) is 41.6 Å². The fourth-order valence-corrected chi connectivity index (χ4v) is 2.76. The minimum absolute atomic E-state index is 0.106. The zero-order valence-corrected chi connectivity index (χ0v) is 12.6. The maximum Gasteiger partial charge on any atom is 0.446 e. The lowest BCUT2D eigenvalue weighted by molar-refractivity contribution is -0.0327. The van der Waals surface area contributed by atoms with Crippen LogP contribution in [-0.4, -0.2) is 5.51 Å². The summed E-state index contributed by atoms with van der Waals surface area (Å²) in [6.07, 6.45) is 0. The van der Waals surface area contributed by atoms with Crippen molar-refractivity contribution in [1.29, 1.82) is 0 Å². The summed E-state index contributed by atoms with van der Waals surface area (Å²) in [6.45, 7) is 0.467. The highest BCUT2D eigenvalue weighted by Gasteiger charge is 2.30. The second-order valence-electron chi connectivity index (χ2n) is 4.03. The standard InChI is InChI=1S/C14H11BrF3NS/c15-11-5-3-4-10(8-11)9-19-12-6-1-2-7-13(12)20-14(16,17)18/h1-8,19H,9H2. The Morgan fingerprint density at radius 3 is 2.50 bits per heavy atom. The van der Waals surface area contributed by atoms with Gasteiger partial charge in [-0.1, -0.05) is 40.2 Å². The van der Waals surface area contributed by atoms with Crippen molar-refractivity contribution >= 4 is 33.4 Å². The smallest absolute Gasteiger partial charge is 0.380 e. The minimum atomic E-state index is -4.28. The molecule has 0 bridgehead atoms. The second kappa shape index (κ2) is 6.54. The predicted molar refractivity (Wildman–Crippen MR) is 79.8 cm³/mol. The first-order valence-electron chi connectivity index (χ1n) is 5.77. The van der Waals surface area contributed by atoms with Gasteiger partial charge in [0.2, 0.25) is 0 Å². The van der Waals surface area contributed by atoms with Crippen LogP contribution in [0.3, 0.4) is 0 Å². The van der Waals surface area contributed by atoms with Crippen molar-refractivity contribution in [1.82, 2.24) is 0 Å². The fourth-order valence-electron chi connectivity index (χ4n) is 1.67. The van der Waals surface area contributed by atoms with Gasteiger partial charge in [-0.25, -0.2) is 0 Å². The molecule has 106 valence electrons. The first-order chi connectivity index (χ1) is 9.44. The molecule has 20 heavy (non-hydrogen) atoms. The molecule has 0 saturated heterocycles. The van der Waals surface area contributed by atoms with Crippen LogP contribution < -0.4 is 5.32 Å². The highest BCUT2D eigenvalue weighted by Crippen LogP contribution is 2.40. The molecule has 0 saturated carbocycles. The van der Waals surface area contributed by atoms with E-state index in [0.29, 0.717) is 12.2 Å². The summed E-state index contributed by atoms with van der Waals surface area (Å²) in [5.41, 5.74) is -2.81. The molecule has 0 radical (unpaired) electrons. The number of anilines is 1. The Morgan fingerprint density at radius 2 is 1.80 bits per heavy atom. The number of rotatable bonds is 4. The lowest BCUT2D eigenvalue weighted by Crippen LogP contribution is -2.04. The normalized spacial score (nSPS) is 11.4. The monoisotopic (exact) mass is 361 g/mol. The minimum Gasteiger partial charge on any atom is -0.380 e. The Bertz CT molecular complexity index is 587. The van der Waals surface area contributed by atoms with Crippen molar-refractivity contribution in [3.63, 3.8) is 0 Å². The lowest BCUT2D eigenvalue weighted by Gasteiger charge is -2.13. The molecular weight excluding hydrogens is 351 g/mol. The molecule has 0 aliphatic heterocycles. The summed E-state index contributed by atoms with van der Waals surface area (Å²) in [7, 11) is 0. The van der Waals surface area contributed by atoms with E-state index in [4.69, 9.17) is 0 Å². The molecule has 0 aliphatic carbocycles. The topological polar surface area (TPSA) is 12.0 Å². The number of nitrogens with one attached hydrogen (secondary N) is 1. The molecule has 1 nitrogen and oxygen atoms in total. The Kier molecular flexibility index (Phi) is 4.99. The molecule has 0 spiro atoms. The van der Waals surface area contributed by atoms with Gasteiger partial charge in [0, 0.05) is 21.6 Å². The Labute approximate surface area is 127 Å². The third-order valence-electron chi connectivity index (χ3n) is 2.48. The van der Waals surface area contributed by atoms with Crippen LogP contribution in [0.1, 0.15) is 5.56 Å². The molecule has 0 heterocycles. The Balaban J connectivity index is 2.09. The molecule has 2 aromatic carbocycles. The third kappa shape index (κ3) is 4.76. The van der Waals surface area contributed by atoms with Gasteiger partial charge in [0.15, 0.2) is 0 Å². The molecule has 0 aliphatic rings. The van der Waals surface area contributed by atoms with Crippen molar-refractivity contribution in [2.75, 3.05) is 5.32 Å². The zero-order valence-electron chi connectivity index (χ0n) is 10.2. The summed E-state index contributed by atoms with van der Waals surface area (Å²) in [5.74, 6) is 0. The molecule has 1 N–H and O–H groups in total. The molecule has 0 amide bonds. The lowest BCUT2D eigenvalue weighted by atomic mass is 10.2. The van der Waals surface area contributed by atoms with Crippen molar-refractivity contribution in [2.45, 2.75) is 16.9 Å². The maximum atomic E-state index is 12.5. The number of hydrogen-bond acceptors (Lipinski definition) is 2. The molecule has 0 atom stereocenters. The van der Waals surface area contributed by atoms with Gasteiger partial charge in [0.1, 0.15) is 0 Å². The number of halogens is 4. The number of benzene rings is 2. The van der Waals surface area contributed by atoms with Gasteiger partial charge in [-0.3, -0.25) is 0 Å². The summed E-state index contributed by atoms with van der Waals surface area (Å²) in [4.78, 5) is 0.176.